The Morgan fingerprint density at radius 1 is 0.919 bits per heavy atom. The molecule has 1 saturated heterocycles. The van der Waals surface area contributed by atoms with Gasteiger partial charge in [-0.2, -0.15) is 0 Å². The topological polar surface area (TPSA) is 76.1 Å². The smallest absolute Gasteiger partial charge is 0.300 e. The fraction of sp³-hybridized carbons (Fsp3) is 0.290. The Balaban J connectivity index is 1.84. The molecule has 3 aromatic carbocycles. The molecular formula is C31H33NO5. The molecule has 0 bridgehead atoms. The van der Waals surface area contributed by atoms with Gasteiger partial charge >= 0.3 is 0 Å². The lowest BCUT2D eigenvalue weighted by molar-refractivity contribution is -0.132. The summed E-state index contributed by atoms with van der Waals surface area (Å²) in [4.78, 5) is 28.3. The maximum Gasteiger partial charge on any atom is 0.300 e. The summed E-state index contributed by atoms with van der Waals surface area (Å²) in [6, 6.07) is 21.0. The third kappa shape index (κ3) is 5.38. The van der Waals surface area contributed by atoms with E-state index in [-0.39, 0.29) is 11.3 Å². The van der Waals surface area contributed by atoms with Crippen LogP contribution in [0.15, 0.2) is 78.4 Å². The number of aliphatic hydroxyl groups is 1. The molecule has 4 rings (SSSR count). The molecule has 1 aliphatic heterocycles. The second-order valence-electron chi connectivity index (χ2n) is 9.29. The average molecular weight is 500 g/mol. The lowest BCUT2D eigenvalue weighted by Crippen LogP contribution is -2.29. The lowest BCUT2D eigenvalue weighted by Gasteiger charge is -2.26. The van der Waals surface area contributed by atoms with Crippen molar-refractivity contribution < 1.29 is 24.2 Å². The molecule has 1 amide bonds. The van der Waals surface area contributed by atoms with Gasteiger partial charge in [-0.1, -0.05) is 45.0 Å². The Kier molecular flexibility index (Phi) is 7.97. The van der Waals surface area contributed by atoms with E-state index in [1.54, 1.807) is 24.3 Å². The maximum absolute atomic E-state index is 13.4. The molecule has 0 aliphatic carbocycles. The fourth-order valence-electron chi connectivity index (χ4n) is 4.46. The molecule has 0 spiro atoms. The minimum atomic E-state index is -0.818. The average Bonchev–Trinajstić information content (AvgIpc) is 3.18. The Hall–Kier alpha value is -4.06. The van der Waals surface area contributed by atoms with E-state index in [1.807, 2.05) is 62.4 Å². The zero-order chi connectivity index (χ0) is 26.5. The number of nitrogens with zero attached hydrogens (tertiary/aromatic N) is 1. The van der Waals surface area contributed by atoms with Gasteiger partial charge in [0, 0.05) is 11.3 Å². The number of ether oxygens (including phenoxy) is 2. The first-order chi connectivity index (χ1) is 17.8. The Morgan fingerprint density at radius 3 is 2.24 bits per heavy atom. The predicted molar refractivity (Wildman–Crippen MR) is 145 cm³/mol. The van der Waals surface area contributed by atoms with Gasteiger partial charge < -0.3 is 14.6 Å². The summed E-state index contributed by atoms with van der Waals surface area (Å²) in [5.41, 5.74) is 2.85. The van der Waals surface area contributed by atoms with E-state index >= 15 is 0 Å². The van der Waals surface area contributed by atoms with Crippen LogP contribution in [0.2, 0.25) is 0 Å². The number of carbonyl (C=O) groups excluding carboxylic acids is 2. The summed E-state index contributed by atoms with van der Waals surface area (Å²) in [5, 5.41) is 11.4. The third-order valence-electron chi connectivity index (χ3n) is 6.37. The predicted octanol–water partition coefficient (Wildman–Crippen LogP) is 6.62. The van der Waals surface area contributed by atoms with Crippen LogP contribution >= 0.6 is 0 Å². The Morgan fingerprint density at radius 2 is 1.62 bits per heavy atom. The molecule has 1 aliphatic rings. The standard InChI is InChI=1S/C31H33NO5/c1-5-18-37-25-16-12-22(13-17-25)29(33)27-28(23-8-7-9-26(19-23)36-6-2)32(31(35)30(27)34)24-14-10-21(11-15-24)20(3)4/h7-17,19-20,28,33H,5-6,18H2,1-4H3/b29-27-. The fourth-order valence-corrected chi connectivity index (χ4v) is 4.46. The number of hydrogen-bond acceptors (Lipinski definition) is 5. The van der Waals surface area contributed by atoms with Crippen LogP contribution in [0.3, 0.4) is 0 Å². The molecule has 1 atom stereocenters. The monoisotopic (exact) mass is 499 g/mol. The number of carbonyl (C=O) groups is 2. The van der Waals surface area contributed by atoms with Crippen LogP contribution in [0.25, 0.3) is 5.76 Å². The van der Waals surface area contributed by atoms with Crippen LogP contribution in [-0.4, -0.2) is 30.0 Å². The lowest BCUT2D eigenvalue weighted by atomic mass is 9.94. The quantitative estimate of drug-likeness (QED) is 0.203. The molecule has 1 fully saturated rings. The zero-order valence-electron chi connectivity index (χ0n) is 21.7. The molecule has 1 heterocycles. The molecule has 0 saturated carbocycles. The second-order valence-corrected chi connectivity index (χ2v) is 9.29. The van der Waals surface area contributed by atoms with E-state index in [0.29, 0.717) is 47.4 Å². The first-order valence-corrected chi connectivity index (χ1v) is 12.7. The van der Waals surface area contributed by atoms with Crippen molar-refractivity contribution in [1.29, 1.82) is 0 Å². The highest BCUT2D eigenvalue weighted by atomic mass is 16.5. The molecule has 6 heteroatoms. The molecule has 1 N–H and O–H groups in total. The number of benzene rings is 3. The largest absolute Gasteiger partial charge is 0.507 e. The highest BCUT2D eigenvalue weighted by Crippen LogP contribution is 2.43. The van der Waals surface area contributed by atoms with Crippen molar-refractivity contribution in [2.24, 2.45) is 0 Å². The van der Waals surface area contributed by atoms with Gasteiger partial charge in [-0.3, -0.25) is 14.5 Å². The first kappa shape index (κ1) is 26.0. The number of rotatable bonds is 9. The van der Waals surface area contributed by atoms with Crippen LogP contribution in [0.4, 0.5) is 5.69 Å². The summed E-state index contributed by atoms with van der Waals surface area (Å²) in [6.07, 6.45) is 0.879. The van der Waals surface area contributed by atoms with Gasteiger partial charge in [0.1, 0.15) is 17.3 Å². The normalized spacial score (nSPS) is 16.9. The van der Waals surface area contributed by atoms with Gasteiger partial charge in [-0.05, 0) is 78.9 Å². The van der Waals surface area contributed by atoms with E-state index in [2.05, 4.69) is 13.8 Å². The molecule has 37 heavy (non-hydrogen) atoms. The van der Waals surface area contributed by atoms with Gasteiger partial charge in [0.2, 0.25) is 0 Å². The second kappa shape index (κ2) is 11.3. The first-order valence-electron chi connectivity index (χ1n) is 12.7. The van der Waals surface area contributed by atoms with Crippen molar-refractivity contribution in [3.63, 3.8) is 0 Å². The summed E-state index contributed by atoms with van der Waals surface area (Å²) >= 11 is 0. The number of hydrogen-bond donors (Lipinski definition) is 1. The molecular weight excluding hydrogens is 466 g/mol. The maximum atomic E-state index is 13.4. The van der Waals surface area contributed by atoms with Gasteiger partial charge in [-0.25, -0.2) is 0 Å². The summed E-state index contributed by atoms with van der Waals surface area (Å²) in [7, 11) is 0. The van der Waals surface area contributed by atoms with Crippen molar-refractivity contribution in [2.75, 3.05) is 18.1 Å². The number of aliphatic hydroxyl groups excluding tert-OH is 1. The molecule has 6 nitrogen and oxygen atoms in total. The number of ketones is 1. The van der Waals surface area contributed by atoms with Crippen LogP contribution in [0, 0.1) is 0 Å². The van der Waals surface area contributed by atoms with Crippen molar-refractivity contribution in [3.05, 3.63) is 95.1 Å². The minimum absolute atomic E-state index is 0.0359. The van der Waals surface area contributed by atoms with Crippen LogP contribution in [-0.2, 0) is 9.59 Å². The third-order valence-corrected chi connectivity index (χ3v) is 6.37. The van der Waals surface area contributed by atoms with Crippen LogP contribution in [0.1, 0.15) is 62.8 Å². The summed E-state index contributed by atoms with van der Waals surface area (Å²) < 4.78 is 11.3. The van der Waals surface area contributed by atoms with E-state index in [0.717, 1.165) is 12.0 Å². The van der Waals surface area contributed by atoms with Crippen molar-refractivity contribution >= 4 is 23.1 Å². The van der Waals surface area contributed by atoms with E-state index < -0.39 is 17.7 Å². The zero-order valence-corrected chi connectivity index (χ0v) is 21.7. The highest BCUT2D eigenvalue weighted by Gasteiger charge is 2.47. The van der Waals surface area contributed by atoms with E-state index in [4.69, 9.17) is 9.47 Å². The number of Topliss-reactive ketones (excluding diaryl/α,β-unsaturated/α-hetero) is 1. The molecule has 0 radical (unpaired) electrons. The van der Waals surface area contributed by atoms with Gasteiger partial charge in [0.15, 0.2) is 0 Å². The SMILES string of the molecule is CCCOc1ccc(/C(O)=C2/C(=O)C(=O)N(c3ccc(C(C)C)cc3)C2c2cccc(OCC)c2)cc1. The summed E-state index contributed by atoms with van der Waals surface area (Å²) in [5.74, 6) is -0.0266. The molecule has 192 valence electrons. The van der Waals surface area contributed by atoms with Gasteiger partial charge in [0.05, 0.1) is 24.8 Å². The van der Waals surface area contributed by atoms with Crippen LogP contribution in [0.5, 0.6) is 11.5 Å². The number of anilines is 1. The van der Waals surface area contributed by atoms with Crippen LogP contribution < -0.4 is 14.4 Å². The Bertz CT molecular complexity index is 1290. The van der Waals surface area contributed by atoms with Gasteiger partial charge in [0.25, 0.3) is 11.7 Å². The van der Waals surface area contributed by atoms with E-state index in [1.165, 1.54) is 4.90 Å². The van der Waals surface area contributed by atoms with Crippen molar-refractivity contribution in [1.82, 2.24) is 0 Å². The van der Waals surface area contributed by atoms with Gasteiger partial charge in [-0.15, -0.1) is 0 Å². The minimum Gasteiger partial charge on any atom is -0.507 e. The molecule has 3 aromatic rings. The van der Waals surface area contributed by atoms with Crippen molar-refractivity contribution in [2.45, 2.75) is 46.1 Å². The van der Waals surface area contributed by atoms with E-state index in [9.17, 15) is 14.7 Å². The van der Waals surface area contributed by atoms with Crippen molar-refractivity contribution in [3.8, 4) is 11.5 Å². The number of amides is 1. The Labute approximate surface area is 218 Å². The molecule has 0 aromatic heterocycles. The highest BCUT2D eigenvalue weighted by molar-refractivity contribution is 6.51. The summed E-state index contributed by atoms with van der Waals surface area (Å²) in [6.45, 7) is 9.17. The molecule has 1 unspecified atom stereocenters.